The first-order valence-electron chi connectivity index (χ1n) is 7.92. The van der Waals surface area contributed by atoms with E-state index in [9.17, 15) is 4.79 Å². The van der Waals surface area contributed by atoms with Gasteiger partial charge in [0.15, 0.2) is 10.4 Å². The quantitative estimate of drug-likeness (QED) is 0.336. The van der Waals surface area contributed by atoms with Crippen LogP contribution in [0.4, 0.5) is 0 Å². The van der Waals surface area contributed by atoms with Gasteiger partial charge in [0.2, 0.25) is 16.9 Å². The standard InChI is InChI=1S/C20H11BrCl2O4/c21-17-9-8-16(26-17)19-20(18(24)11-4-1-2-7-15(11)27-19)25-10-12-13(22)5-3-6-14(12)23/h1-9H,10H2. The second-order valence-electron chi connectivity index (χ2n) is 5.68. The van der Waals surface area contributed by atoms with Gasteiger partial charge in [0.05, 0.1) is 5.39 Å². The third kappa shape index (κ3) is 3.50. The summed E-state index contributed by atoms with van der Waals surface area (Å²) >= 11 is 15.7. The lowest BCUT2D eigenvalue weighted by Gasteiger charge is -2.12. The van der Waals surface area contributed by atoms with Gasteiger partial charge in [-0.2, -0.15) is 0 Å². The second-order valence-corrected chi connectivity index (χ2v) is 7.27. The van der Waals surface area contributed by atoms with Crippen LogP contribution in [0.25, 0.3) is 22.5 Å². The highest BCUT2D eigenvalue weighted by atomic mass is 79.9. The van der Waals surface area contributed by atoms with Crippen LogP contribution in [0.3, 0.4) is 0 Å². The number of hydrogen-bond donors (Lipinski definition) is 0. The van der Waals surface area contributed by atoms with Crippen molar-refractivity contribution in [3.8, 4) is 17.3 Å². The van der Waals surface area contributed by atoms with Crippen molar-refractivity contribution in [2.75, 3.05) is 0 Å². The predicted molar refractivity (Wildman–Crippen MR) is 109 cm³/mol. The summed E-state index contributed by atoms with van der Waals surface area (Å²) in [4.78, 5) is 13.0. The summed E-state index contributed by atoms with van der Waals surface area (Å²) in [6.45, 7) is 0.0104. The van der Waals surface area contributed by atoms with Crippen molar-refractivity contribution >= 4 is 50.1 Å². The molecule has 0 aliphatic carbocycles. The number of ether oxygens (including phenoxy) is 1. The first-order valence-corrected chi connectivity index (χ1v) is 9.46. The predicted octanol–water partition coefficient (Wildman–Crippen LogP) is 6.70. The average Bonchev–Trinajstić information content (AvgIpc) is 3.09. The van der Waals surface area contributed by atoms with E-state index in [2.05, 4.69) is 15.9 Å². The first kappa shape index (κ1) is 18.2. The van der Waals surface area contributed by atoms with E-state index in [1.165, 1.54) is 0 Å². The molecule has 0 aliphatic rings. The van der Waals surface area contributed by atoms with E-state index in [0.717, 1.165) is 0 Å². The summed E-state index contributed by atoms with van der Waals surface area (Å²) in [7, 11) is 0. The van der Waals surface area contributed by atoms with Crippen LogP contribution in [-0.4, -0.2) is 0 Å². The topological polar surface area (TPSA) is 52.6 Å². The van der Waals surface area contributed by atoms with Crippen LogP contribution in [0.5, 0.6) is 5.75 Å². The fourth-order valence-corrected chi connectivity index (χ4v) is 3.48. The molecule has 136 valence electrons. The number of rotatable bonds is 4. The molecule has 0 saturated carbocycles. The molecule has 27 heavy (non-hydrogen) atoms. The number of fused-ring (bicyclic) bond motifs is 1. The maximum absolute atomic E-state index is 13.0. The molecule has 0 aliphatic heterocycles. The lowest BCUT2D eigenvalue weighted by Crippen LogP contribution is -2.10. The van der Waals surface area contributed by atoms with E-state index < -0.39 is 0 Å². The number of para-hydroxylation sites is 1. The van der Waals surface area contributed by atoms with E-state index in [0.29, 0.717) is 37.0 Å². The smallest absolute Gasteiger partial charge is 0.235 e. The maximum Gasteiger partial charge on any atom is 0.235 e. The minimum Gasteiger partial charge on any atom is -0.481 e. The summed E-state index contributed by atoms with van der Waals surface area (Å²) in [5.41, 5.74) is 0.718. The molecule has 2 aromatic carbocycles. The molecule has 0 saturated heterocycles. The van der Waals surface area contributed by atoms with Gasteiger partial charge in [-0.25, -0.2) is 0 Å². The summed E-state index contributed by atoms with van der Waals surface area (Å²) in [6.07, 6.45) is 0. The van der Waals surface area contributed by atoms with Gasteiger partial charge in [0.1, 0.15) is 12.2 Å². The Hall–Kier alpha value is -2.21. The normalized spacial score (nSPS) is 11.1. The molecular weight excluding hydrogens is 455 g/mol. The Morgan fingerprint density at radius 3 is 2.37 bits per heavy atom. The van der Waals surface area contributed by atoms with Crippen molar-refractivity contribution in [3.05, 3.63) is 85.1 Å². The van der Waals surface area contributed by atoms with Crippen molar-refractivity contribution in [1.29, 1.82) is 0 Å². The van der Waals surface area contributed by atoms with Crippen molar-refractivity contribution in [1.82, 2.24) is 0 Å². The van der Waals surface area contributed by atoms with Gasteiger partial charge >= 0.3 is 0 Å². The average molecular weight is 466 g/mol. The molecule has 7 heteroatoms. The van der Waals surface area contributed by atoms with Gasteiger partial charge in [-0.15, -0.1) is 0 Å². The zero-order valence-electron chi connectivity index (χ0n) is 13.7. The number of halogens is 3. The molecule has 2 aromatic heterocycles. The molecule has 0 radical (unpaired) electrons. The Balaban J connectivity index is 1.85. The number of benzene rings is 2. The molecule has 0 bridgehead atoms. The monoisotopic (exact) mass is 464 g/mol. The van der Waals surface area contributed by atoms with Gasteiger partial charge in [-0.1, -0.05) is 41.4 Å². The number of hydrogen-bond acceptors (Lipinski definition) is 4. The SMILES string of the molecule is O=c1c(OCc2c(Cl)cccc2Cl)c(-c2ccc(Br)o2)oc2ccccc12. The highest BCUT2D eigenvalue weighted by molar-refractivity contribution is 9.10. The third-order valence-electron chi connectivity index (χ3n) is 3.98. The van der Waals surface area contributed by atoms with Crippen LogP contribution in [0.15, 0.2) is 72.9 Å². The van der Waals surface area contributed by atoms with Crippen molar-refractivity contribution in [2.45, 2.75) is 6.61 Å². The molecule has 0 unspecified atom stereocenters. The van der Waals surface area contributed by atoms with Crippen LogP contribution in [0, 0.1) is 0 Å². The summed E-state index contributed by atoms with van der Waals surface area (Å²) in [5, 5.41) is 1.32. The highest BCUT2D eigenvalue weighted by Gasteiger charge is 2.21. The Morgan fingerprint density at radius 1 is 0.926 bits per heavy atom. The minimum absolute atomic E-state index is 0.0104. The molecule has 0 atom stereocenters. The Bertz CT molecular complexity index is 1180. The molecule has 0 N–H and O–H groups in total. The summed E-state index contributed by atoms with van der Waals surface area (Å²) < 4.78 is 17.8. The van der Waals surface area contributed by atoms with Crippen LogP contribution in [0.2, 0.25) is 10.0 Å². The van der Waals surface area contributed by atoms with Gasteiger partial charge < -0.3 is 13.6 Å². The molecule has 0 fully saturated rings. The second kappa shape index (κ2) is 7.43. The Kier molecular flexibility index (Phi) is 5.00. The fourth-order valence-electron chi connectivity index (χ4n) is 2.67. The highest BCUT2D eigenvalue weighted by Crippen LogP contribution is 2.34. The molecule has 2 heterocycles. The van der Waals surface area contributed by atoms with Crippen LogP contribution >= 0.6 is 39.1 Å². The molecule has 4 nitrogen and oxygen atoms in total. The van der Waals surface area contributed by atoms with Gasteiger partial charge in [0, 0.05) is 15.6 Å². The van der Waals surface area contributed by atoms with Crippen LogP contribution < -0.4 is 10.2 Å². The van der Waals surface area contributed by atoms with Gasteiger partial charge in [-0.3, -0.25) is 4.79 Å². The maximum atomic E-state index is 13.0. The molecule has 0 amide bonds. The van der Waals surface area contributed by atoms with E-state index >= 15 is 0 Å². The Labute approximate surface area is 172 Å². The zero-order chi connectivity index (χ0) is 19.0. The summed E-state index contributed by atoms with van der Waals surface area (Å²) in [5.74, 6) is 0.601. The minimum atomic E-state index is -0.303. The molecule has 0 spiro atoms. The van der Waals surface area contributed by atoms with Crippen molar-refractivity contribution in [2.24, 2.45) is 0 Å². The third-order valence-corrected chi connectivity index (χ3v) is 5.11. The lowest BCUT2D eigenvalue weighted by molar-refractivity contribution is 0.296. The van der Waals surface area contributed by atoms with Crippen LogP contribution in [-0.2, 0) is 6.61 Å². The molecule has 4 rings (SSSR count). The van der Waals surface area contributed by atoms with Gasteiger partial charge in [0.25, 0.3) is 0 Å². The van der Waals surface area contributed by atoms with E-state index in [4.69, 9.17) is 36.8 Å². The summed E-state index contributed by atoms with van der Waals surface area (Å²) in [6, 6.07) is 15.5. The number of furan rings is 1. The van der Waals surface area contributed by atoms with Crippen molar-refractivity contribution < 1.29 is 13.6 Å². The molecule has 4 aromatic rings. The first-order chi connectivity index (χ1) is 13.0. The van der Waals surface area contributed by atoms with Gasteiger partial charge in [-0.05, 0) is 52.3 Å². The van der Waals surface area contributed by atoms with E-state index in [1.54, 1.807) is 54.6 Å². The van der Waals surface area contributed by atoms with E-state index in [1.807, 2.05) is 0 Å². The van der Waals surface area contributed by atoms with Crippen molar-refractivity contribution in [3.63, 3.8) is 0 Å². The fraction of sp³-hybridized carbons (Fsp3) is 0.0500. The lowest BCUT2D eigenvalue weighted by atomic mass is 10.2. The Morgan fingerprint density at radius 2 is 1.67 bits per heavy atom. The van der Waals surface area contributed by atoms with Crippen LogP contribution in [0.1, 0.15) is 5.56 Å². The largest absolute Gasteiger partial charge is 0.481 e. The molecular formula is C20H11BrCl2O4. The zero-order valence-corrected chi connectivity index (χ0v) is 16.8. The van der Waals surface area contributed by atoms with E-state index in [-0.39, 0.29) is 23.5 Å².